The van der Waals surface area contributed by atoms with Gasteiger partial charge in [-0.2, -0.15) is 0 Å². The zero-order chi connectivity index (χ0) is 14.1. The molecule has 4 nitrogen and oxygen atoms in total. The molecule has 0 aromatic rings. The second-order valence-corrected chi connectivity index (χ2v) is 6.62. The maximum absolute atomic E-state index is 12.3. The molecular formula is C9H20ClO4P. The second kappa shape index (κ2) is 5.15. The van der Waals surface area contributed by atoms with E-state index in [9.17, 15) is 4.57 Å². The fourth-order valence-corrected chi connectivity index (χ4v) is 2.56. The monoisotopic (exact) mass is 260 g/mol. The highest BCUT2D eigenvalue weighted by Crippen LogP contribution is 2.55. The smallest absolute Gasteiger partial charge is 0.281 e. The van der Waals surface area contributed by atoms with Gasteiger partial charge < -0.3 is 0 Å². The molecule has 0 atom stereocenters. The third kappa shape index (κ3) is 8.23. The summed E-state index contributed by atoms with van der Waals surface area (Å²) in [4.78, 5) is 0. The largest absolute Gasteiger partial charge is 0.476 e. The normalized spacial score (nSPS) is 17.3. The van der Waals surface area contributed by atoms with Crippen molar-refractivity contribution in [3.63, 3.8) is 0 Å². The van der Waals surface area contributed by atoms with Crippen LogP contribution in [0.1, 0.15) is 44.3 Å². The van der Waals surface area contributed by atoms with Gasteiger partial charge >= 0.3 is 7.82 Å². The Morgan fingerprint density at radius 2 is 1.47 bits per heavy atom. The third-order valence-corrected chi connectivity index (χ3v) is 2.96. The molecule has 0 unspecified atom stereocenters. The molecule has 0 saturated heterocycles. The van der Waals surface area contributed by atoms with Gasteiger partial charge in [0.2, 0.25) is 0 Å². The molecule has 0 aromatic heterocycles. The lowest BCUT2D eigenvalue weighted by atomic mass is 10.2. The van der Waals surface area contributed by atoms with Crippen molar-refractivity contribution in [2.45, 2.75) is 52.7 Å². The summed E-state index contributed by atoms with van der Waals surface area (Å²) >= 11 is 5.25. The van der Waals surface area contributed by atoms with Crippen molar-refractivity contribution >= 4 is 19.4 Å². The maximum atomic E-state index is 12.3. The van der Waals surface area contributed by atoms with Gasteiger partial charge in [0.25, 0.3) is 0 Å². The van der Waals surface area contributed by atoms with E-state index in [1.54, 1.807) is 41.5 Å². The van der Waals surface area contributed by atoms with Gasteiger partial charge in [0.1, 0.15) is 6.02 Å². The van der Waals surface area contributed by atoms with Crippen molar-refractivity contribution in [2.75, 3.05) is 6.02 Å². The van der Waals surface area contributed by atoms with Crippen LogP contribution in [-0.4, -0.2) is 17.2 Å². The first-order chi connectivity index (χ1) is 7.12. The van der Waals surface area contributed by atoms with Crippen LogP contribution in [0.25, 0.3) is 0 Å². The van der Waals surface area contributed by atoms with Crippen LogP contribution in [0.5, 0.6) is 0 Å². The Bertz CT molecular complexity index is 256. The first-order valence-corrected chi connectivity index (χ1v) is 6.37. The molecule has 6 heteroatoms. The molecule has 0 aliphatic rings. The van der Waals surface area contributed by atoms with Gasteiger partial charge in [-0.3, -0.25) is 13.6 Å². The molecule has 0 aliphatic carbocycles. The van der Waals surface area contributed by atoms with Crippen LogP contribution in [-0.2, 0) is 18.1 Å². The SMILES string of the molecule is [2H]C([2H])(Cl)OP(=O)(OC(C)(C)C)OC(C)(C)C. The first-order valence-electron chi connectivity index (χ1n) is 5.53. The highest BCUT2D eigenvalue weighted by Gasteiger charge is 2.36. The molecule has 0 radical (unpaired) electrons. The summed E-state index contributed by atoms with van der Waals surface area (Å²) in [6, 6.07) is -2.62. The van der Waals surface area contributed by atoms with Gasteiger partial charge in [-0.1, -0.05) is 11.6 Å². The summed E-state index contributed by atoms with van der Waals surface area (Å²) in [5.41, 5.74) is -1.63. The topological polar surface area (TPSA) is 44.8 Å². The molecule has 0 aromatic carbocycles. The summed E-state index contributed by atoms with van der Waals surface area (Å²) in [7, 11) is -4.09. The molecule has 0 bridgehead atoms. The lowest BCUT2D eigenvalue weighted by molar-refractivity contribution is 0.00861. The van der Waals surface area contributed by atoms with Gasteiger partial charge in [-0.05, 0) is 41.5 Å². The molecule has 0 amide bonds. The number of halogens is 1. The highest BCUT2D eigenvalue weighted by atomic mass is 35.5. The average Bonchev–Trinajstić information content (AvgIpc) is 1.65. The summed E-state index contributed by atoms with van der Waals surface area (Å²) in [5.74, 6) is 0. The molecule has 0 aliphatic heterocycles. The first kappa shape index (κ1) is 11.9. The van der Waals surface area contributed by atoms with Gasteiger partial charge in [-0.25, -0.2) is 4.57 Å². The third-order valence-electron chi connectivity index (χ3n) is 0.918. The van der Waals surface area contributed by atoms with E-state index in [1.165, 1.54) is 0 Å². The van der Waals surface area contributed by atoms with E-state index in [4.69, 9.17) is 23.4 Å². The van der Waals surface area contributed by atoms with Gasteiger partial charge in [0, 0.05) is 0 Å². The van der Waals surface area contributed by atoms with Crippen LogP contribution in [0, 0.1) is 0 Å². The molecule has 92 valence electrons. The van der Waals surface area contributed by atoms with Crippen LogP contribution in [0.4, 0.5) is 0 Å². The van der Waals surface area contributed by atoms with E-state index in [0.717, 1.165) is 0 Å². The van der Waals surface area contributed by atoms with Crippen molar-refractivity contribution in [2.24, 2.45) is 0 Å². The Hall–Kier alpha value is 0.400. The molecular weight excluding hydrogens is 239 g/mol. The van der Waals surface area contributed by atoms with Crippen molar-refractivity contribution in [3.8, 4) is 0 Å². The molecule has 0 heterocycles. The number of rotatable bonds is 4. The Morgan fingerprint density at radius 3 is 1.67 bits per heavy atom. The maximum Gasteiger partial charge on any atom is 0.476 e. The minimum Gasteiger partial charge on any atom is -0.281 e. The predicted octanol–water partition coefficient (Wildman–Crippen LogP) is 3.94. The highest BCUT2D eigenvalue weighted by molar-refractivity contribution is 7.48. The van der Waals surface area contributed by atoms with E-state index in [1.807, 2.05) is 0 Å². The van der Waals surface area contributed by atoms with E-state index in [-0.39, 0.29) is 0 Å². The lowest BCUT2D eigenvalue weighted by Crippen LogP contribution is -2.24. The summed E-state index contributed by atoms with van der Waals surface area (Å²) in [6.45, 7) is 9.91. The van der Waals surface area contributed by atoms with Crippen LogP contribution in [0.3, 0.4) is 0 Å². The zero-order valence-electron chi connectivity index (χ0n) is 12.0. The van der Waals surface area contributed by atoms with E-state index in [2.05, 4.69) is 4.52 Å². The molecule has 0 rings (SSSR count). The minimum absolute atomic E-state index is 0.817. The minimum atomic E-state index is -4.09. The van der Waals surface area contributed by atoms with Crippen LogP contribution >= 0.6 is 19.4 Å². The number of alkyl halides is 1. The number of hydrogen-bond donors (Lipinski definition) is 0. The fourth-order valence-electron chi connectivity index (χ4n) is 0.769. The van der Waals surface area contributed by atoms with Crippen molar-refractivity contribution in [1.29, 1.82) is 0 Å². The predicted molar refractivity (Wildman–Crippen MR) is 61.1 cm³/mol. The van der Waals surface area contributed by atoms with Crippen LogP contribution < -0.4 is 0 Å². The molecule has 0 N–H and O–H groups in total. The van der Waals surface area contributed by atoms with E-state index >= 15 is 0 Å². The summed E-state index contributed by atoms with van der Waals surface area (Å²) in [5, 5.41) is 0. The van der Waals surface area contributed by atoms with Crippen LogP contribution in [0.2, 0.25) is 0 Å². The lowest BCUT2D eigenvalue weighted by Gasteiger charge is -2.30. The van der Waals surface area contributed by atoms with Gasteiger partial charge in [0.15, 0.2) is 0 Å². The molecule has 0 saturated carbocycles. The van der Waals surface area contributed by atoms with E-state index in [0.29, 0.717) is 0 Å². The van der Waals surface area contributed by atoms with E-state index < -0.39 is 25.0 Å². The second-order valence-electron chi connectivity index (χ2n) is 5.02. The Labute approximate surface area is 99.7 Å². The van der Waals surface area contributed by atoms with Crippen molar-refractivity contribution in [3.05, 3.63) is 0 Å². The average molecular weight is 261 g/mol. The fraction of sp³-hybridized carbons (Fsp3) is 1.00. The van der Waals surface area contributed by atoms with Gasteiger partial charge in [0.05, 0.1) is 13.9 Å². The van der Waals surface area contributed by atoms with Crippen LogP contribution in [0.15, 0.2) is 0 Å². The number of phosphoric ester groups is 1. The molecule has 0 spiro atoms. The number of phosphoric acid groups is 1. The molecule has 15 heavy (non-hydrogen) atoms. The van der Waals surface area contributed by atoms with Crippen molar-refractivity contribution < 1.29 is 20.9 Å². The van der Waals surface area contributed by atoms with Gasteiger partial charge in [-0.15, -0.1) is 0 Å². The number of hydrogen-bond acceptors (Lipinski definition) is 4. The summed E-state index contributed by atoms with van der Waals surface area (Å²) in [6.07, 6.45) is 0. The Balaban J connectivity index is 5.03. The Morgan fingerprint density at radius 1 is 1.13 bits per heavy atom. The Kier molecular flexibility index (Phi) is 4.08. The zero-order valence-corrected chi connectivity index (χ0v) is 11.6. The quantitative estimate of drug-likeness (QED) is 0.567. The molecule has 0 fully saturated rings. The standard InChI is InChI=1S/C9H20ClO4P/c1-8(2,3)13-15(11,12-7-10)14-9(4,5)6/h7H2,1-6H3/i7D2. The summed E-state index contributed by atoms with van der Waals surface area (Å²) < 4.78 is 41.3. The van der Waals surface area contributed by atoms with Crippen molar-refractivity contribution in [1.82, 2.24) is 0 Å².